The third kappa shape index (κ3) is 3.37. The topological polar surface area (TPSA) is 44.0 Å². The molecule has 130 valence electrons. The number of aromatic nitrogens is 2. The molecule has 4 nitrogen and oxygen atoms in total. The molecule has 25 heavy (non-hydrogen) atoms. The van der Waals surface area contributed by atoms with Gasteiger partial charge in [0.25, 0.3) is 0 Å². The fourth-order valence-corrected chi connectivity index (χ4v) is 3.84. The van der Waals surface area contributed by atoms with Crippen molar-refractivity contribution in [1.82, 2.24) is 8.52 Å². The molecule has 2 aromatic carbocycles. The van der Waals surface area contributed by atoms with Crippen LogP contribution in [0, 0.1) is 6.92 Å². The van der Waals surface area contributed by atoms with Gasteiger partial charge in [-0.05, 0) is 29.0 Å². The van der Waals surface area contributed by atoms with Crippen molar-refractivity contribution in [3.63, 3.8) is 0 Å². The molecular formula is C20H22N2O2S. The highest BCUT2D eigenvalue weighted by Gasteiger charge is 2.23. The summed E-state index contributed by atoms with van der Waals surface area (Å²) in [4.78, 5) is 25.2. The molecule has 0 aliphatic rings. The summed E-state index contributed by atoms with van der Waals surface area (Å²) in [6.07, 6.45) is 0. The standard InChI is InChI=1S/C20H22N2O2S/c1-14-9-8-12-16(20(2,3)4)17(14)22-18(23)21(19(24)25-22)13-15-10-6-5-7-11-15/h5-12H,13H2,1-4H3. The third-order valence-electron chi connectivity index (χ3n) is 4.23. The van der Waals surface area contributed by atoms with E-state index in [2.05, 4.69) is 20.8 Å². The van der Waals surface area contributed by atoms with Crippen molar-refractivity contribution in [2.75, 3.05) is 0 Å². The molecule has 1 aromatic heterocycles. The zero-order valence-electron chi connectivity index (χ0n) is 14.9. The molecule has 1 heterocycles. The van der Waals surface area contributed by atoms with E-state index in [9.17, 15) is 9.59 Å². The van der Waals surface area contributed by atoms with Crippen LogP contribution >= 0.6 is 11.5 Å². The van der Waals surface area contributed by atoms with Crippen LogP contribution in [0.2, 0.25) is 0 Å². The van der Waals surface area contributed by atoms with E-state index in [1.165, 1.54) is 4.57 Å². The molecule has 0 unspecified atom stereocenters. The molecule has 0 amide bonds. The lowest BCUT2D eigenvalue weighted by Crippen LogP contribution is -2.30. The first-order chi connectivity index (χ1) is 11.8. The van der Waals surface area contributed by atoms with Gasteiger partial charge in [-0.3, -0.25) is 4.79 Å². The van der Waals surface area contributed by atoms with Gasteiger partial charge in [-0.2, -0.15) is 0 Å². The molecule has 0 atom stereocenters. The first-order valence-corrected chi connectivity index (χ1v) is 9.04. The SMILES string of the molecule is Cc1cccc(C(C)(C)C)c1-n1sc(=O)n(Cc2ccccc2)c1=O. The second-order valence-electron chi connectivity index (χ2n) is 7.23. The van der Waals surface area contributed by atoms with Crippen molar-refractivity contribution < 1.29 is 0 Å². The van der Waals surface area contributed by atoms with Crippen LogP contribution in [0.4, 0.5) is 0 Å². The number of nitrogens with zero attached hydrogens (tertiary/aromatic N) is 2. The van der Waals surface area contributed by atoms with Crippen LogP contribution in [0.15, 0.2) is 58.1 Å². The third-order valence-corrected chi connectivity index (χ3v) is 5.12. The average molecular weight is 354 g/mol. The molecule has 0 bridgehead atoms. The molecule has 0 saturated carbocycles. The van der Waals surface area contributed by atoms with Crippen molar-refractivity contribution in [1.29, 1.82) is 0 Å². The number of benzene rings is 2. The molecule has 5 heteroatoms. The molecule has 0 fully saturated rings. The molecule has 0 aliphatic heterocycles. The minimum Gasteiger partial charge on any atom is -0.255 e. The summed E-state index contributed by atoms with van der Waals surface area (Å²) in [5, 5.41) is 0. The summed E-state index contributed by atoms with van der Waals surface area (Å²) in [7, 11) is 0. The normalized spacial score (nSPS) is 11.7. The number of hydrogen-bond donors (Lipinski definition) is 0. The molecule has 0 radical (unpaired) electrons. The Morgan fingerprint density at radius 1 is 0.960 bits per heavy atom. The van der Waals surface area contributed by atoms with Gasteiger partial charge in [0.2, 0.25) is 0 Å². The second kappa shape index (κ2) is 6.48. The maximum atomic E-state index is 13.0. The van der Waals surface area contributed by atoms with Crippen molar-refractivity contribution in [2.24, 2.45) is 0 Å². The molecule has 0 aliphatic carbocycles. The lowest BCUT2D eigenvalue weighted by molar-refractivity contribution is 0.585. The number of para-hydroxylation sites is 1. The van der Waals surface area contributed by atoms with Crippen LogP contribution in [0.3, 0.4) is 0 Å². The Morgan fingerprint density at radius 3 is 2.28 bits per heavy atom. The fourth-order valence-electron chi connectivity index (χ4n) is 2.93. The highest BCUT2D eigenvalue weighted by molar-refractivity contribution is 7.03. The van der Waals surface area contributed by atoms with Crippen molar-refractivity contribution in [3.05, 3.63) is 85.4 Å². The smallest absolute Gasteiger partial charge is 0.255 e. The predicted molar refractivity (Wildman–Crippen MR) is 103 cm³/mol. The van der Waals surface area contributed by atoms with E-state index in [-0.39, 0.29) is 16.0 Å². The van der Waals surface area contributed by atoms with Crippen LogP contribution in [0.5, 0.6) is 0 Å². The van der Waals surface area contributed by atoms with Crippen molar-refractivity contribution in [2.45, 2.75) is 39.7 Å². The Kier molecular flexibility index (Phi) is 4.52. The van der Waals surface area contributed by atoms with Gasteiger partial charge in [0.1, 0.15) is 0 Å². The van der Waals surface area contributed by atoms with Gasteiger partial charge < -0.3 is 0 Å². The Hall–Kier alpha value is -2.40. The van der Waals surface area contributed by atoms with Crippen LogP contribution in [-0.4, -0.2) is 8.52 Å². The minimum absolute atomic E-state index is 0.127. The summed E-state index contributed by atoms with van der Waals surface area (Å²) in [5.41, 5.74) is 3.41. The van der Waals surface area contributed by atoms with Gasteiger partial charge in [0, 0.05) is 11.5 Å². The Labute approximate surface area is 151 Å². The first kappa shape index (κ1) is 17.4. The highest BCUT2D eigenvalue weighted by Crippen LogP contribution is 2.30. The van der Waals surface area contributed by atoms with Gasteiger partial charge in [-0.15, -0.1) is 0 Å². The van der Waals surface area contributed by atoms with E-state index in [0.717, 1.165) is 33.9 Å². The molecule has 3 rings (SSSR count). The molecular weight excluding hydrogens is 332 g/mol. The van der Waals surface area contributed by atoms with Gasteiger partial charge in [-0.1, -0.05) is 69.3 Å². The maximum Gasteiger partial charge on any atom is 0.346 e. The van der Waals surface area contributed by atoms with Crippen molar-refractivity contribution >= 4 is 11.5 Å². The van der Waals surface area contributed by atoms with E-state index in [1.807, 2.05) is 55.5 Å². The van der Waals surface area contributed by atoms with E-state index in [0.29, 0.717) is 6.54 Å². The summed E-state index contributed by atoms with van der Waals surface area (Å²) in [6, 6.07) is 15.6. The molecule has 0 spiro atoms. The zero-order chi connectivity index (χ0) is 18.2. The van der Waals surface area contributed by atoms with Crippen LogP contribution in [0.25, 0.3) is 5.69 Å². The summed E-state index contributed by atoms with van der Waals surface area (Å²) in [5.74, 6) is 0. The van der Waals surface area contributed by atoms with Crippen LogP contribution in [0.1, 0.15) is 37.5 Å². The quantitative estimate of drug-likeness (QED) is 0.720. The predicted octanol–water partition coefficient (Wildman–Crippen LogP) is 3.71. The second-order valence-corrected chi connectivity index (χ2v) is 8.12. The molecule has 0 N–H and O–H groups in total. The van der Waals surface area contributed by atoms with E-state index < -0.39 is 0 Å². The fraction of sp³-hybridized carbons (Fsp3) is 0.300. The number of rotatable bonds is 3. The van der Waals surface area contributed by atoms with Gasteiger partial charge in [0.15, 0.2) is 0 Å². The van der Waals surface area contributed by atoms with Crippen molar-refractivity contribution in [3.8, 4) is 5.69 Å². The van der Waals surface area contributed by atoms with Gasteiger partial charge >= 0.3 is 10.6 Å². The Morgan fingerprint density at radius 2 is 1.64 bits per heavy atom. The Bertz CT molecular complexity index is 1000. The number of aryl methyl sites for hydroxylation is 1. The largest absolute Gasteiger partial charge is 0.346 e. The summed E-state index contributed by atoms with van der Waals surface area (Å²) < 4.78 is 2.85. The van der Waals surface area contributed by atoms with Crippen LogP contribution in [-0.2, 0) is 12.0 Å². The van der Waals surface area contributed by atoms with Gasteiger partial charge in [-0.25, -0.2) is 13.3 Å². The molecule has 0 saturated heterocycles. The summed E-state index contributed by atoms with van der Waals surface area (Å²) in [6.45, 7) is 8.60. The highest BCUT2D eigenvalue weighted by atomic mass is 32.1. The maximum absolute atomic E-state index is 13.0. The number of hydrogen-bond acceptors (Lipinski definition) is 3. The first-order valence-electron chi connectivity index (χ1n) is 8.26. The van der Waals surface area contributed by atoms with E-state index >= 15 is 0 Å². The molecule has 3 aromatic rings. The average Bonchev–Trinajstić information content (AvgIpc) is 2.83. The summed E-state index contributed by atoms with van der Waals surface area (Å²) >= 11 is 0.969. The minimum atomic E-state index is -0.279. The Balaban J connectivity index is 2.17. The van der Waals surface area contributed by atoms with E-state index in [1.54, 1.807) is 3.96 Å². The lowest BCUT2D eigenvalue weighted by Gasteiger charge is -2.23. The zero-order valence-corrected chi connectivity index (χ0v) is 15.8. The van der Waals surface area contributed by atoms with Gasteiger partial charge in [0.05, 0.1) is 12.2 Å². The van der Waals surface area contributed by atoms with Crippen LogP contribution < -0.4 is 10.6 Å². The van der Waals surface area contributed by atoms with E-state index in [4.69, 9.17) is 0 Å². The monoisotopic (exact) mass is 354 g/mol. The lowest BCUT2D eigenvalue weighted by atomic mass is 9.85.